The van der Waals surface area contributed by atoms with Gasteiger partial charge in [0, 0.05) is 10.6 Å². The summed E-state index contributed by atoms with van der Waals surface area (Å²) in [4.78, 5) is 14.4. The van der Waals surface area contributed by atoms with Crippen LogP contribution >= 0.6 is 23.1 Å². The van der Waals surface area contributed by atoms with E-state index in [1.807, 2.05) is 73.8 Å². The number of rotatable bonds is 7. The van der Waals surface area contributed by atoms with Gasteiger partial charge >= 0.3 is 0 Å². The Bertz CT molecular complexity index is 1110. The number of carbonyl (C=O) groups excluding carboxylic acids is 1. The van der Waals surface area contributed by atoms with Crippen LogP contribution in [-0.4, -0.2) is 26.1 Å². The van der Waals surface area contributed by atoms with E-state index < -0.39 is 5.25 Å². The number of thiophene rings is 1. The molecule has 0 saturated heterocycles. The number of tetrazole rings is 1. The van der Waals surface area contributed by atoms with Crippen molar-refractivity contribution in [1.29, 1.82) is 0 Å². The zero-order valence-corrected chi connectivity index (χ0v) is 18.3. The molecule has 0 aliphatic heterocycles. The average molecular weight is 436 g/mol. The molecule has 0 bridgehead atoms. The SMILES string of the molecule is Cc1cc(C)cc(NC(=O)[C@@H](Sc2nnnn2Cc2cccs2)c2ccccc2)c1. The first-order valence-electron chi connectivity index (χ1n) is 9.48. The number of benzene rings is 2. The number of hydrogen-bond acceptors (Lipinski definition) is 6. The van der Waals surface area contributed by atoms with Crippen molar-refractivity contribution in [3.8, 4) is 0 Å². The number of nitrogens with zero attached hydrogens (tertiary/aromatic N) is 4. The summed E-state index contributed by atoms with van der Waals surface area (Å²) in [7, 11) is 0. The molecule has 0 fully saturated rings. The summed E-state index contributed by atoms with van der Waals surface area (Å²) >= 11 is 3.00. The van der Waals surface area contributed by atoms with E-state index in [1.165, 1.54) is 11.8 Å². The zero-order chi connectivity index (χ0) is 20.9. The Kier molecular flexibility index (Phi) is 6.25. The fourth-order valence-electron chi connectivity index (χ4n) is 3.19. The molecule has 1 amide bonds. The molecule has 2 heterocycles. The number of hydrogen-bond donors (Lipinski definition) is 1. The minimum Gasteiger partial charge on any atom is -0.325 e. The van der Waals surface area contributed by atoms with Crippen LogP contribution in [0.3, 0.4) is 0 Å². The minimum atomic E-state index is -0.486. The largest absolute Gasteiger partial charge is 0.325 e. The van der Waals surface area contributed by atoms with Crippen molar-refractivity contribution in [2.45, 2.75) is 30.8 Å². The molecule has 30 heavy (non-hydrogen) atoms. The van der Waals surface area contributed by atoms with Gasteiger partial charge in [0.1, 0.15) is 5.25 Å². The molecule has 2 aromatic carbocycles. The fraction of sp³-hybridized carbons (Fsp3) is 0.182. The van der Waals surface area contributed by atoms with Crippen molar-refractivity contribution in [1.82, 2.24) is 20.2 Å². The second-order valence-electron chi connectivity index (χ2n) is 6.97. The summed E-state index contributed by atoms with van der Waals surface area (Å²) in [5.41, 5.74) is 3.90. The second kappa shape index (κ2) is 9.23. The Hall–Kier alpha value is -2.97. The summed E-state index contributed by atoms with van der Waals surface area (Å²) in [6, 6.07) is 19.8. The Balaban J connectivity index is 1.60. The van der Waals surface area contributed by atoms with Crippen LogP contribution in [0.2, 0.25) is 0 Å². The highest BCUT2D eigenvalue weighted by molar-refractivity contribution is 8.00. The monoisotopic (exact) mass is 435 g/mol. The van der Waals surface area contributed by atoms with Gasteiger partial charge in [-0.1, -0.05) is 54.2 Å². The molecule has 4 aromatic rings. The molecule has 8 heteroatoms. The third-order valence-corrected chi connectivity index (χ3v) is 6.52. The van der Waals surface area contributed by atoms with Crippen LogP contribution < -0.4 is 5.32 Å². The molecule has 1 N–H and O–H groups in total. The van der Waals surface area contributed by atoms with E-state index >= 15 is 0 Å². The molecule has 2 aromatic heterocycles. The quantitative estimate of drug-likeness (QED) is 0.419. The maximum absolute atomic E-state index is 13.3. The lowest BCUT2D eigenvalue weighted by atomic mass is 10.1. The van der Waals surface area contributed by atoms with E-state index in [0.29, 0.717) is 11.7 Å². The van der Waals surface area contributed by atoms with Crippen molar-refractivity contribution < 1.29 is 4.79 Å². The molecule has 1 atom stereocenters. The molecule has 152 valence electrons. The summed E-state index contributed by atoms with van der Waals surface area (Å²) in [5, 5.41) is 17.3. The van der Waals surface area contributed by atoms with Crippen LogP contribution in [0.4, 0.5) is 5.69 Å². The van der Waals surface area contributed by atoms with E-state index in [-0.39, 0.29) is 5.91 Å². The molecule has 0 radical (unpaired) electrons. The smallest absolute Gasteiger partial charge is 0.242 e. The van der Waals surface area contributed by atoms with Crippen molar-refractivity contribution >= 4 is 34.7 Å². The molecular formula is C22H21N5OS2. The molecule has 0 aliphatic carbocycles. The Morgan fingerprint density at radius 1 is 1.10 bits per heavy atom. The highest BCUT2D eigenvalue weighted by Gasteiger charge is 2.25. The first-order valence-corrected chi connectivity index (χ1v) is 11.2. The van der Waals surface area contributed by atoms with E-state index in [0.717, 1.165) is 27.3 Å². The number of aryl methyl sites for hydroxylation is 2. The maximum Gasteiger partial charge on any atom is 0.242 e. The maximum atomic E-state index is 13.3. The van der Waals surface area contributed by atoms with E-state index in [2.05, 4.69) is 26.9 Å². The molecule has 0 unspecified atom stereocenters. The predicted octanol–water partition coefficient (Wildman–Crippen LogP) is 4.87. The van der Waals surface area contributed by atoms with Gasteiger partial charge in [-0.3, -0.25) is 4.79 Å². The number of thioether (sulfide) groups is 1. The van der Waals surface area contributed by atoms with Gasteiger partial charge in [0.25, 0.3) is 0 Å². The van der Waals surface area contributed by atoms with Crippen LogP contribution in [0.5, 0.6) is 0 Å². The summed E-state index contributed by atoms with van der Waals surface area (Å²) in [5.74, 6) is -0.109. The molecule has 0 aliphatic rings. The van der Waals surface area contributed by atoms with Crippen molar-refractivity contribution in [2.24, 2.45) is 0 Å². The van der Waals surface area contributed by atoms with Gasteiger partial charge in [-0.2, -0.15) is 0 Å². The normalized spacial score (nSPS) is 11.9. The van der Waals surface area contributed by atoms with E-state index in [1.54, 1.807) is 16.0 Å². The first-order chi connectivity index (χ1) is 14.6. The van der Waals surface area contributed by atoms with Crippen molar-refractivity contribution in [2.75, 3.05) is 5.32 Å². The average Bonchev–Trinajstić information content (AvgIpc) is 3.38. The topological polar surface area (TPSA) is 72.7 Å². The van der Waals surface area contributed by atoms with Crippen LogP contribution in [0.25, 0.3) is 0 Å². The van der Waals surface area contributed by atoms with Gasteiger partial charge in [0.05, 0.1) is 6.54 Å². The van der Waals surface area contributed by atoms with Crippen LogP contribution in [0, 0.1) is 13.8 Å². The Labute approximate surface area is 183 Å². The first kappa shape index (κ1) is 20.3. The minimum absolute atomic E-state index is 0.109. The standard InChI is InChI=1S/C22H21N5OS2/c1-15-11-16(2)13-18(12-15)23-21(28)20(17-7-4-3-5-8-17)30-22-24-25-26-27(22)14-19-9-6-10-29-19/h3-13,20H,14H2,1-2H3,(H,23,28)/t20-/m0/s1. The lowest BCUT2D eigenvalue weighted by Crippen LogP contribution is -2.20. The van der Waals surface area contributed by atoms with E-state index in [9.17, 15) is 4.79 Å². The lowest BCUT2D eigenvalue weighted by molar-refractivity contribution is -0.115. The second-order valence-corrected chi connectivity index (χ2v) is 9.08. The molecule has 0 spiro atoms. The number of carbonyl (C=O) groups is 1. The molecule has 6 nitrogen and oxygen atoms in total. The summed E-state index contributed by atoms with van der Waals surface area (Å²) in [6.45, 7) is 4.61. The van der Waals surface area contributed by atoms with E-state index in [4.69, 9.17) is 0 Å². The third kappa shape index (κ3) is 4.95. The molecule has 4 rings (SSSR count). The van der Waals surface area contributed by atoms with Gasteiger partial charge in [-0.05, 0) is 64.5 Å². The molecular weight excluding hydrogens is 414 g/mol. The lowest BCUT2D eigenvalue weighted by Gasteiger charge is -2.17. The van der Waals surface area contributed by atoms with Gasteiger partial charge in [-0.25, -0.2) is 4.68 Å². The summed E-state index contributed by atoms with van der Waals surface area (Å²) < 4.78 is 1.73. The van der Waals surface area contributed by atoms with Crippen LogP contribution in [0.1, 0.15) is 26.8 Å². The van der Waals surface area contributed by atoms with Crippen LogP contribution in [0.15, 0.2) is 71.2 Å². The number of anilines is 1. The number of amides is 1. The summed E-state index contributed by atoms with van der Waals surface area (Å²) in [6.07, 6.45) is 0. The Morgan fingerprint density at radius 3 is 2.57 bits per heavy atom. The van der Waals surface area contributed by atoms with Gasteiger partial charge < -0.3 is 5.32 Å². The predicted molar refractivity (Wildman–Crippen MR) is 121 cm³/mol. The van der Waals surface area contributed by atoms with Crippen molar-refractivity contribution in [3.63, 3.8) is 0 Å². The number of aromatic nitrogens is 4. The fourth-order valence-corrected chi connectivity index (χ4v) is 4.85. The van der Waals surface area contributed by atoms with Crippen molar-refractivity contribution in [3.05, 3.63) is 87.6 Å². The Morgan fingerprint density at radius 2 is 1.87 bits per heavy atom. The third-order valence-electron chi connectivity index (χ3n) is 4.44. The highest BCUT2D eigenvalue weighted by Crippen LogP contribution is 2.35. The number of nitrogens with one attached hydrogen (secondary N) is 1. The van der Waals surface area contributed by atoms with Gasteiger partial charge in [0.2, 0.25) is 11.1 Å². The van der Waals surface area contributed by atoms with Gasteiger partial charge in [-0.15, -0.1) is 16.4 Å². The molecule has 0 saturated carbocycles. The zero-order valence-electron chi connectivity index (χ0n) is 16.6. The van der Waals surface area contributed by atoms with Gasteiger partial charge in [0.15, 0.2) is 0 Å². The highest BCUT2D eigenvalue weighted by atomic mass is 32.2. The van der Waals surface area contributed by atoms with Crippen LogP contribution in [-0.2, 0) is 11.3 Å².